The van der Waals surface area contributed by atoms with Crippen molar-refractivity contribution >= 4 is 23.4 Å². The molecule has 38 heavy (non-hydrogen) atoms. The number of halogens is 2. The Morgan fingerprint density at radius 2 is 1.66 bits per heavy atom. The molecule has 0 aliphatic rings. The lowest BCUT2D eigenvalue weighted by Gasteiger charge is -2.18. The van der Waals surface area contributed by atoms with Crippen molar-refractivity contribution in [3.8, 4) is 17.6 Å². The molecule has 3 rings (SSSR count). The third-order valence-electron chi connectivity index (χ3n) is 5.47. The number of anilines is 2. The molecule has 0 heterocycles. The summed E-state index contributed by atoms with van der Waals surface area (Å²) < 4.78 is 44.9. The molecule has 0 atom stereocenters. The predicted octanol–water partition coefficient (Wildman–Crippen LogP) is 6.20. The second-order valence-electron chi connectivity index (χ2n) is 8.43. The number of nitrogen functional groups attached to an aromatic ring is 2. The number of benzene rings is 3. The van der Waals surface area contributed by atoms with Crippen molar-refractivity contribution in [1.82, 2.24) is 0 Å². The number of esters is 1. The van der Waals surface area contributed by atoms with Crippen LogP contribution in [0, 0.1) is 11.3 Å². The molecule has 0 aliphatic carbocycles. The van der Waals surface area contributed by atoms with Crippen LogP contribution in [-0.4, -0.2) is 12.6 Å². The van der Waals surface area contributed by atoms with Crippen LogP contribution in [0.5, 0.6) is 11.5 Å². The van der Waals surface area contributed by atoms with E-state index in [-0.39, 0.29) is 17.9 Å². The Bertz CT molecular complexity index is 1270. The molecule has 0 radical (unpaired) electrons. The van der Waals surface area contributed by atoms with Crippen molar-refractivity contribution < 1.29 is 27.8 Å². The van der Waals surface area contributed by atoms with Crippen LogP contribution in [0.1, 0.15) is 42.4 Å². The van der Waals surface area contributed by atoms with Crippen LogP contribution in [0.25, 0.3) is 6.08 Å². The molecule has 0 unspecified atom stereocenters. The monoisotopic (exact) mass is 521 g/mol. The standard InChI is InChI=1S/C29H29F2N3O4/c30-29(31,23-9-14-25(15-10-23)36-18-4-2-1-3-17-32)38-26-12-5-21(6-13-26)7-16-28(35)37-20-22-8-11-24(33)19-27(22)34/h5-16,19H,1-4,18,20,33-34H2/b16-7+. The van der Waals surface area contributed by atoms with E-state index in [0.29, 0.717) is 41.3 Å². The van der Waals surface area contributed by atoms with Gasteiger partial charge >= 0.3 is 12.1 Å². The van der Waals surface area contributed by atoms with Crippen LogP contribution >= 0.6 is 0 Å². The van der Waals surface area contributed by atoms with E-state index in [4.69, 9.17) is 30.9 Å². The number of rotatable bonds is 13. The lowest BCUT2D eigenvalue weighted by atomic mass is 10.2. The second-order valence-corrected chi connectivity index (χ2v) is 8.43. The number of unbranched alkanes of at least 4 members (excludes halogenated alkanes) is 3. The molecule has 7 nitrogen and oxygen atoms in total. The Balaban J connectivity index is 1.48. The molecule has 0 aliphatic heterocycles. The molecule has 0 saturated carbocycles. The third kappa shape index (κ3) is 8.82. The van der Waals surface area contributed by atoms with E-state index in [1.165, 1.54) is 48.6 Å². The highest BCUT2D eigenvalue weighted by Crippen LogP contribution is 2.32. The average Bonchev–Trinajstić information content (AvgIpc) is 2.90. The maximum absolute atomic E-state index is 14.6. The van der Waals surface area contributed by atoms with Crippen LogP contribution in [0.2, 0.25) is 0 Å². The fraction of sp³-hybridized carbons (Fsp3) is 0.241. The molecule has 3 aromatic carbocycles. The van der Waals surface area contributed by atoms with Crippen molar-refractivity contribution in [2.24, 2.45) is 0 Å². The minimum Gasteiger partial charge on any atom is -0.494 e. The molecule has 3 aromatic rings. The maximum atomic E-state index is 14.6. The van der Waals surface area contributed by atoms with Gasteiger partial charge in [0.1, 0.15) is 18.1 Å². The van der Waals surface area contributed by atoms with E-state index in [0.717, 1.165) is 19.3 Å². The first kappa shape index (κ1) is 28.0. The number of nitrogens with two attached hydrogens (primary N) is 2. The van der Waals surface area contributed by atoms with Crippen molar-refractivity contribution in [3.05, 3.63) is 89.5 Å². The van der Waals surface area contributed by atoms with Gasteiger partial charge in [-0.1, -0.05) is 18.2 Å². The zero-order valence-electron chi connectivity index (χ0n) is 20.7. The quantitative estimate of drug-likeness (QED) is 0.119. The zero-order valence-corrected chi connectivity index (χ0v) is 20.7. The van der Waals surface area contributed by atoms with Gasteiger partial charge in [-0.2, -0.15) is 14.0 Å². The predicted molar refractivity (Wildman–Crippen MR) is 141 cm³/mol. The number of alkyl halides is 2. The normalized spacial score (nSPS) is 11.2. The van der Waals surface area contributed by atoms with Crippen molar-refractivity contribution in [2.45, 2.75) is 38.4 Å². The Hall–Kier alpha value is -4.58. The minimum atomic E-state index is -3.55. The summed E-state index contributed by atoms with van der Waals surface area (Å²) in [5.41, 5.74) is 13.3. The summed E-state index contributed by atoms with van der Waals surface area (Å²) in [6, 6.07) is 18.3. The Kier molecular flexibility index (Phi) is 10.1. The highest BCUT2D eigenvalue weighted by Gasteiger charge is 2.34. The van der Waals surface area contributed by atoms with Gasteiger partial charge in [-0.15, -0.1) is 0 Å². The lowest BCUT2D eigenvalue weighted by molar-refractivity contribution is -0.185. The number of hydrogen-bond donors (Lipinski definition) is 2. The topological polar surface area (TPSA) is 121 Å². The van der Waals surface area contributed by atoms with Crippen molar-refractivity contribution in [2.75, 3.05) is 18.1 Å². The van der Waals surface area contributed by atoms with Crippen LogP contribution < -0.4 is 20.9 Å². The summed E-state index contributed by atoms with van der Waals surface area (Å²) in [5.74, 6) is -0.137. The van der Waals surface area contributed by atoms with Crippen molar-refractivity contribution in [3.63, 3.8) is 0 Å². The van der Waals surface area contributed by atoms with Crippen LogP contribution in [0.15, 0.2) is 72.8 Å². The summed E-state index contributed by atoms with van der Waals surface area (Å²) in [6.07, 6.45) is 2.16. The van der Waals surface area contributed by atoms with Gasteiger partial charge in [0.05, 0.1) is 18.2 Å². The van der Waals surface area contributed by atoms with Crippen LogP contribution in [0.3, 0.4) is 0 Å². The van der Waals surface area contributed by atoms with Gasteiger partial charge in [0.2, 0.25) is 0 Å². The van der Waals surface area contributed by atoms with Crippen molar-refractivity contribution in [1.29, 1.82) is 5.26 Å². The van der Waals surface area contributed by atoms with E-state index in [9.17, 15) is 13.6 Å². The number of carbonyl (C=O) groups excluding carboxylic acids is 1. The number of carbonyl (C=O) groups is 1. The first-order valence-electron chi connectivity index (χ1n) is 12.0. The molecule has 0 aromatic heterocycles. The van der Waals surface area contributed by atoms with E-state index in [2.05, 4.69) is 6.07 Å². The summed E-state index contributed by atoms with van der Waals surface area (Å²) in [7, 11) is 0. The molecule has 198 valence electrons. The summed E-state index contributed by atoms with van der Waals surface area (Å²) in [5, 5.41) is 8.52. The van der Waals surface area contributed by atoms with Gasteiger partial charge in [0.15, 0.2) is 0 Å². The third-order valence-corrected chi connectivity index (χ3v) is 5.47. The molecule has 0 amide bonds. The molecule has 4 N–H and O–H groups in total. The largest absolute Gasteiger partial charge is 0.494 e. The zero-order chi connectivity index (χ0) is 27.4. The number of hydrogen-bond acceptors (Lipinski definition) is 7. The first-order chi connectivity index (χ1) is 18.3. The van der Waals surface area contributed by atoms with E-state index in [1.807, 2.05) is 0 Å². The van der Waals surface area contributed by atoms with Crippen LogP contribution in [-0.2, 0) is 22.2 Å². The van der Waals surface area contributed by atoms with Gasteiger partial charge in [0.25, 0.3) is 0 Å². The number of ether oxygens (including phenoxy) is 3. The smallest absolute Gasteiger partial charge is 0.426 e. The Morgan fingerprint density at radius 3 is 2.34 bits per heavy atom. The molecule has 9 heteroatoms. The van der Waals surface area contributed by atoms with Crippen LogP contribution in [0.4, 0.5) is 20.2 Å². The lowest BCUT2D eigenvalue weighted by Crippen LogP contribution is -2.21. The molecular weight excluding hydrogens is 492 g/mol. The fourth-order valence-electron chi connectivity index (χ4n) is 3.38. The molecular formula is C29H29F2N3O4. The maximum Gasteiger partial charge on any atom is 0.426 e. The summed E-state index contributed by atoms with van der Waals surface area (Å²) in [4.78, 5) is 12.0. The summed E-state index contributed by atoms with van der Waals surface area (Å²) in [6.45, 7) is 0.445. The SMILES string of the molecule is N#CCCCCCOc1ccc(C(F)(F)Oc2ccc(/C=C/C(=O)OCc3ccc(N)cc3N)cc2)cc1. The molecule has 0 spiro atoms. The molecule has 0 saturated heterocycles. The first-order valence-corrected chi connectivity index (χ1v) is 12.0. The Labute approximate surface area is 220 Å². The number of nitriles is 1. The van der Waals surface area contributed by atoms with E-state index >= 15 is 0 Å². The highest BCUT2D eigenvalue weighted by molar-refractivity contribution is 5.87. The molecule has 0 bridgehead atoms. The number of nitrogens with zero attached hydrogens (tertiary/aromatic N) is 1. The van der Waals surface area contributed by atoms with Gasteiger partial charge in [0, 0.05) is 29.4 Å². The van der Waals surface area contributed by atoms with E-state index < -0.39 is 12.1 Å². The Morgan fingerprint density at radius 1 is 0.947 bits per heavy atom. The van der Waals surface area contributed by atoms with Gasteiger partial charge in [-0.05, 0) is 79.4 Å². The van der Waals surface area contributed by atoms with Gasteiger partial charge in [-0.25, -0.2) is 4.79 Å². The minimum absolute atomic E-state index is 0.00636. The summed E-state index contributed by atoms with van der Waals surface area (Å²) >= 11 is 0. The van der Waals surface area contributed by atoms with Gasteiger partial charge in [-0.3, -0.25) is 0 Å². The van der Waals surface area contributed by atoms with Gasteiger partial charge < -0.3 is 25.7 Å². The van der Waals surface area contributed by atoms with E-state index in [1.54, 1.807) is 30.3 Å². The second kappa shape index (κ2) is 13.7. The highest BCUT2D eigenvalue weighted by atomic mass is 19.3. The fourth-order valence-corrected chi connectivity index (χ4v) is 3.38. The molecule has 0 fully saturated rings. The average molecular weight is 522 g/mol.